The lowest BCUT2D eigenvalue weighted by atomic mass is 10.0. The summed E-state index contributed by atoms with van der Waals surface area (Å²) in [5.74, 6) is -0.996. The number of nitrogens with one attached hydrogen (secondary N) is 1. The highest BCUT2D eigenvalue weighted by molar-refractivity contribution is 7.99. The summed E-state index contributed by atoms with van der Waals surface area (Å²) in [6.45, 7) is 0.419. The smallest absolute Gasteiger partial charge is 0.159 e. The van der Waals surface area contributed by atoms with E-state index in [-0.39, 0.29) is 11.9 Å². The van der Waals surface area contributed by atoms with Crippen LogP contribution in [-0.2, 0) is 6.54 Å². The zero-order chi connectivity index (χ0) is 14.8. The summed E-state index contributed by atoms with van der Waals surface area (Å²) in [7, 11) is 0. The first-order valence-electron chi connectivity index (χ1n) is 6.73. The van der Waals surface area contributed by atoms with E-state index >= 15 is 0 Å². The molecule has 0 aromatic heterocycles. The first-order chi connectivity index (χ1) is 10.1. The molecule has 1 aliphatic rings. The van der Waals surface area contributed by atoms with Crippen LogP contribution in [0.4, 0.5) is 13.2 Å². The Labute approximate surface area is 125 Å². The molecule has 1 atom stereocenters. The fourth-order valence-electron chi connectivity index (χ4n) is 2.47. The van der Waals surface area contributed by atoms with Crippen molar-refractivity contribution in [2.45, 2.75) is 23.9 Å². The molecule has 0 spiro atoms. The third-order valence-electron chi connectivity index (χ3n) is 3.55. The summed E-state index contributed by atoms with van der Waals surface area (Å²) in [4.78, 5) is 1.07. The molecule has 21 heavy (non-hydrogen) atoms. The van der Waals surface area contributed by atoms with E-state index in [2.05, 4.69) is 5.32 Å². The summed E-state index contributed by atoms with van der Waals surface area (Å²) < 4.78 is 39.5. The Bertz CT molecular complexity index is 660. The van der Waals surface area contributed by atoms with Gasteiger partial charge in [-0.25, -0.2) is 13.2 Å². The lowest BCUT2D eigenvalue weighted by Crippen LogP contribution is -2.24. The van der Waals surface area contributed by atoms with Gasteiger partial charge in [-0.3, -0.25) is 0 Å². The van der Waals surface area contributed by atoms with E-state index in [4.69, 9.17) is 0 Å². The van der Waals surface area contributed by atoms with E-state index in [0.717, 1.165) is 28.7 Å². The van der Waals surface area contributed by atoms with Crippen molar-refractivity contribution in [2.75, 3.05) is 5.75 Å². The van der Waals surface area contributed by atoms with Gasteiger partial charge in [0.15, 0.2) is 11.6 Å². The Balaban J connectivity index is 1.74. The highest BCUT2D eigenvalue weighted by Crippen LogP contribution is 2.36. The Morgan fingerprint density at radius 2 is 1.90 bits per heavy atom. The maximum Gasteiger partial charge on any atom is 0.159 e. The number of fused-ring (bicyclic) bond motifs is 1. The summed E-state index contributed by atoms with van der Waals surface area (Å²) in [6.07, 6.45) is 0.880. The van der Waals surface area contributed by atoms with Crippen LogP contribution in [0.3, 0.4) is 0 Å². The largest absolute Gasteiger partial charge is 0.306 e. The Kier molecular flexibility index (Phi) is 4.22. The van der Waals surface area contributed by atoms with Gasteiger partial charge in [0.05, 0.1) is 0 Å². The van der Waals surface area contributed by atoms with Gasteiger partial charge >= 0.3 is 0 Å². The van der Waals surface area contributed by atoms with Crippen LogP contribution in [0, 0.1) is 17.5 Å². The fourth-order valence-corrected chi connectivity index (χ4v) is 3.57. The van der Waals surface area contributed by atoms with Crippen molar-refractivity contribution in [3.8, 4) is 0 Å². The molecule has 1 aliphatic heterocycles. The number of benzene rings is 2. The minimum absolute atomic E-state index is 0.0325. The molecule has 3 rings (SSSR count). The highest BCUT2D eigenvalue weighted by Gasteiger charge is 2.20. The monoisotopic (exact) mass is 309 g/mol. The van der Waals surface area contributed by atoms with Gasteiger partial charge in [-0.1, -0.05) is 6.07 Å². The zero-order valence-electron chi connectivity index (χ0n) is 11.2. The standard InChI is InChI=1S/C16H14F3NS/c17-11-2-4-16-12(8-11)15(5-6-21-16)20-9-10-1-3-13(18)14(19)7-10/h1-4,7-8,15,20H,5-6,9H2. The predicted octanol–water partition coefficient (Wildman–Crippen LogP) is 4.43. The Morgan fingerprint density at radius 1 is 1.05 bits per heavy atom. The Morgan fingerprint density at radius 3 is 2.71 bits per heavy atom. The molecular weight excluding hydrogens is 295 g/mol. The van der Waals surface area contributed by atoms with Gasteiger partial charge in [-0.15, -0.1) is 11.8 Å². The molecule has 0 amide bonds. The van der Waals surface area contributed by atoms with Gasteiger partial charge in [0.2, 0.25) is 0 Å². The molecule has 1 nitrogen and oxygen atoms in total. The molecule has 2 aromatic carbocycles. The number of hydrogen-bond acceptors (Lipinski definition) is 2. The van der Waals surface area contributed by atoms with E-state index in [0.29, 0.717) is 12.1 Å². The van der Waals surface area contributed by atoms with Gasteiger partial charge < -0.3 is 5.32 Å². The minimum atomic E-state index is -0.847. The molecule has 0 radical (unpaired) electrons. The van der Waals surface area contributed by atoms with E-state index in [1.54, 1.807) is 30.0 Å². The first kappa shape index (κ1) is 14.5. The van der Waals surface area contributed by atoms with Crippen LogP contribution in [0.15, 0.2) is 41.3 Å². The quantitative estimate of drug-likeness (QED) is 0.900. The van der Waals surface area contributed by atoms with E-state index in [1.165, 1.54) is 12.1 Å². The van der Waals surface area contributed by atoms with Gasteiger partial charge in [-0.2, -0.15) is 0 Å². The number of rotatable bonds is 3. The van der Waals surface area contributed by atoms with Gasteiger partial charge in [-0.05, 0) is 53.6 Å². The number of halogens is 3. The SMILES string of the molecule is Fc1ccc2c(c1)C(NCc1ccc(F)c(F)c1)CCS2. The summed E-state index contributed by atoms with van der Waals surface area (Å²) in [6, 6.07) is 8.69. The van der Waals surface area contributed by atoms with E-state index < -0.39 is 11.6 Å². The van der Waals surface area contributed by atoms with Gasteiger partial charge in [0.1, 0.15) is 5.82 Å². The number of thioether (sulfide) groups is 1. The lowest BCUT2D eigenvalue weighted by molar-refractivity contribution is 0.492. The summed E-state index contributed by atoms with van der Waals surface area (Å²) in [5.41, 5.74) is 1.61. The van der Waals surface area contributed by atoms with Crippen LogP contribution in [0.2, 0.25) is 0 Å². The van der Waals surface area contributed by atoms with E-state index in [9.17, 15) is 13.2 Å². The molecule has 0 aliphatic carbocycles. The van der Waals surface area contributed by atoms with Crippen molar-refractivity contribution >= 4 is 11.8 Å². The Hall–Kier alpha value is -1.46. The maximum absolute atomic E-state index is 13.4. The first-order valence-corrected chi connectivity index (χ1v) is 7.71. The molecule has 110 valence electrons. The van der Waals surface area contributed by atoms with Crippen molar-refractivity contribution in [1.29, 1.82) is 0 Å². The molecular formula is C16H14F3NS. The van der Waals surface area contributed by atoms with Crippen LogP contribution < -0.4 is 5.32 Å². The topological polar surface area (TPSA) is 12.0 Å². The van der Waals surface area contributed by atoms with Crippen molar-refractivity contribution in [3.05, 3.63) is 65.0 Å². The predicted molar refractivity (Wildman–Crippen MR) is 77.7 cm³/mol. The summed E-state index contributed by atoms with van der Waals surface area (Å²) >= 11 is 1.71. The summed E-state index contributed by atoms with van der Waals surface area (Å²) in [5, 5.41) is 3.30. The van der Waals surface area contributed by atoms with Crippen molar-refractivity contribution in [2.24, 2.45) is 0 Å². The van der Waals surface area contributed by atoms with Crippen molar-refractivity contribution in [1.82, 2.24) is 5.32 Å². The average Bonchev–Trinajstić information content (AvgIpc) is 2.48. The molecule has 1 unspecified atom stereocenters. The second-order valence-corrected chi connectivity index (χ2v) is 6.14. The van der Waals surface area contributed by atoms with Crippen molar-refractivity contribution in [3.63, 3.8) is 0 Å². The second kappa shape index (κ2) is 6.12. The minimum Gasteiger partial charge on any atom is -0.306 e. The maximum atomic E-state index is 13.4. The van der Waals surface area contributed by atoms with Crippen LogP contribution in [0.1, 0.15) is 23.6 Å². The van der Waals surface area contributed by atoms with Crippen LogP contribution >= 0.6 is 11.8 Å². The van der Waals surface area contributed by atoms with Crippen LogP contribution in [0.25, 0.3) is 0 Å². The average molecular weight is 309 g/mol. The third-order valence-corrected chi connectivity index (χ3v) is 4.67. The molecule has 0 saturated heterocycles. The van der Waals surface area contributed by atoms with Gasteiger partial charge in [0, 0.05) is 17.5 Å². The van der Waals surface area contributed by atoms with Crippen LogP contribution in [0.5, 0.6) is 0 Å². The van der Waals surface area contributed by atoms with Crippen LogP contribution in [-0.4, -0.2) is 5.75 Å². The fraction of sp³-hybridized carbons (Fsp3) is 0.250. The molecule has 0 fully saturated rings. The van der Waals surface area contributed by atoms with Crippen molar-refractivity contribution < 1.29 is 13.2 Å². The molecule has 1 N–H and O–H groups in total. The molecule has 0 saturated carbocycles. The normalized spacial score (nSPS) is 17.6. The molecule has 2 aromatic rings. The molecule has 5 heteroatoms. The molecule has 1 heterocycles. The third kappa shape index (κ3) is 3.24. The zero-order valence-corrected chi connectivity index (χ0v) is 12.0. The van der Waals surface area contributed by atoms with E-state index in [1.807, 2.05) is 0 Å². The lowest BCUT2D eigenvalue weighted by Gasteiger charge is -2.26. The van der Waals surface area contributed by atoms with Gasteiger partial charge in [0.25, 0.3) is 0 Å². The second-order valence-electron chi connectivity index (χ2n) is 5.00. The number of hydrogen-bond donors (Lipinski definition) is 1. The highest BCUT2D eigenvalue weighted by atomic mass is 32.2. The molecule has 0 bridgehead atoms.